The van der Waals surface area contributed by atoms with Crippen LogP contribution in [0, 0.1) is 5.41 Å². The highest BCUT2D eigenvalue weighted by Crippen LogP contribution is 2.35. The van der Waals surface area contributed by atoms with Crippen LogP contribution in [0.2, 0.25) is 0 Å². The molecule has 0 atom stereocenters. The normalized spacial score (nSPS) is 27.1. The SMILES string of the molecule is CCCC1(CN2CCS(=O)CC2)CCNCC1. The Hall–Kier alpha value is 0.0700. The number of piperidine rings is 1. The smallest absolute Gasteiger partial charge is 0.0363 e. The standard InChI is InChI=1S/C13H26N2OS/c1-2-3-13(4-6-14-7-5-13)12-15-8-10-17(16)11-9-15/h14H,2-12H2,1H3. The van der Waals surface area contributed by atoms with Gasteiger partial charge in [-0.3, -0.25) is 4.21 Å². The molecule has 0 amide bonds. The van der Waals surface area contributed by atoms with Gasteiger partial charge in [-0.15, -0.1) is 0 Å². The molecule has 2 fully saturated rings. The molecule has 0 aliphatic carbocycles. The van der Waals surface area contributed by atoms with Crippen LogP contribution < -0.4 is 5.32 Å². The molecule has 0 aromatic heterocycles. The molecule has 100 valence electrons. The Bertz CT molecular complexity index is 249. The third kappa shape index (κ3) is 3.76. The molecule has 0 unspecified atom stereocenters. The van der Waals surface area contributed by atoms with Crippen LogP contribution in [0.15, 0.2) is 0 Å². The molecular weight excluding hydrogens is 232 g/mol. The summed E-state index contributed by atoms with van der Waals surface area (Å²) in [6.07, 6.45) is 5.29. The second-order valence-corrected chi connectivity index (χ2v) is 7.32. The van der Waals surface area contributed by atoms with Crippen LogP contribution in [0.3, 0.4) is 0 Å². The van der Waals surface area contributed by atoms with Crippen molar-refractivity contribution in [2.75, 3.05) is 44.2 Å². The fourth-order valence-corrected chi connectivity index (χ4v) is 4.41. The first-order valence-electron chi connectivity index (χ1n) is 7.02. The fourth-order valence-electron chi connectivity index (χ4n) is 3.28. The first-order chi connectivity index (χ1) is 8.24. The second-order valence-electron chi connectivity index (χ2n) is 5.62. The average molecular weight is 258 g/mol. The Morgan fingerprint density at radius 3 is 2.47 bits per heavy atom. The monoisotopic (exact) mass is 258 g/mol. The Morgan fingerprint density at radius 1 is 1.24 bits per heavy atom. The summed E-state index contributed by atoms with van der Waals surface area (Å²) in [5.74, 6) is 1.78. The van der Waals surface area contributed by atoms with E-state index in [0.717, 1.165) is 24.6 Å². The minimum absolute atomic E-state index is 0.539. The van der Waals surface area contributed by atoms with Crippen LogP contribution in [0.4, 0.5) is 0 Å². The van der Waals surface area contributed by atoms with E-state index < -0.39 is 10.8 Å². The summed E-state index contributed by atoms with van der Waals surface area (Å²) < 4.78 is 11.4. The van der Waals surface area contributed by atoms with Crippen molar-refractivity contribution in [2.45, 2.75) is 32.6 Å². The number of nitrogens with zero attached hydrogens (tertiary/aromatic N) is 1. The Morgan fingerprint density at radius 2 is 1.88 bits per heavy atom. The van der Waals surface area contributed by atoms with Crippen LogP contribution in [0.5, 0.6) is 0 Å². The van der Waals surface area contributed by atoms with E-state index in [1.165, 1.54) is 45.3 Å². The first kappa shape index (κ1) is 13.5. The average Bonchev–Trinajstić information content (AvgIpc) is 2.34. The lowest BCUT2D eigenvalue weighted by atomic mass is 9.75. The van der Waals surface area contributed by atoms with E-state index in [4.69, 9.17) is 0 Å². The fraction of sp³-hybridized carbons (Fsp3) is 1.00. The van der Waals surface area contributed by atoms with Crippen LogP contribution in [-0.4, -0.2) is 53.3 Å². The quantitative estimate of drug-likeness (QED) is 0.823. The van der Waals surface area contributed by atoms with Gasteiger partial charge in [0.25, 0.3) is 0 Å². The lowest BCUT2D eigenvalue weighted by Gasteiger charge is -2.42. The van der Waals surface area contributed by atoms with Gasteiger partial charge < -0.3 is 10.2 Å². The van der Waals surface area contributed by atoms with E-state index in [9.17, 15) is 4.21 Å². The zero-order valence-electron chi connectivity index (χ0n) is 11.0. The highest BCUT2D eigenvalue weighted by molar-refractivity contribution is 7.85. The number of rotatable bonds is 4. The van der Waals surface area contributed by atoms with Crippen LogP contribution >= 0.6 is 0 Å². The van der Waals surface area contributed by atoms with Crippen LogP contribution in [0.25, 0.3) is 0 Å². The third-order valence-corrected chi connectivity index (χ3v) is 5.55. The van der Waals surface area contributed by atoms with Crippen molar-refractivity contribution in [2.24, 2.45) is 5.41 Å². The van der Waals surface area contributed by atoms with Gasteiger partial charge in [-0.05, 0) is 37.8 Å². The molecule has 2 heterocycles. The highest BCUT2D eigenvalue weighted by Gasteiger charge is 2.33. The summed E-state index contributed by atoms with van der Waals surface area (Å²) in [5.41, 5.74) is 0.541. The summed E-state index contributed by atoms with van der Waals surface area (Å²) in [7, 11) is -0.539. The summed E-state index contributed by atoms with van der Waals surface area (Å²) in [5, 5.41) is 3.48. The predicted molar refractivity (Wildman–Crippen MR) is 73.8 cm³/mol. The predicted octanol–water partition coefficient (Wildman–Crippen LogP) is 1.22. The van der Waals surface area contributed by atoms with Gasteiger partial charge in [-0.1, -0.05) is 13.3 Å². The van der Waals surface area contributed by atoms with E-state index in [1.807, 2.05) is 0 Å². The number of nitrogens with one attached hydrogen (secondary N) is 1. The van der Waals surface area contributed by atoms with E-state index in [-0.39, 0.29) is 0 Å². The zero-order valence-corrected chi connectivity index (χ0v) is 11.9. The molecule has 0 bridgehead atoms. The van der Waals surface area contributed by atoms with Crippen LogP contribution in [-0.2, 0) is 10.8 Å². The highest BCUT2D eigenvalue weighted by atomic mass is 32.2. The lowest BCUT2D eigenvalue weighted by molar-refractivity contribution is 0.106. The van der Waals surface area contributed by atoms with Crippen molar-refractivity contribution < 1.29 is 4.21 Å². The molecule has 0 saturated carbocycles. The van der Waals surface area contributed by atoms with Gasteiger partial charge in [0.2, 0.25) is 0 Å². The molecule has 4 heteroatoms. The number of hydrogen-bond acceptors (Lipinski definition) is 3. The molecule has 2 saturated heterocycles. The summed E-state index contributed by atoms with van der Waals surface area (Å²) in [4.78, 5) is 2.56. The van der Waals surface area contributed by atoms with Crippen LogP contribution in [0.1, 0.15) is 32.6 Å². The molecule has 2 aliphatic heterocycles. The second kappa shape index (κ2) is 6.30. The Balaban J connectivity index is 1.90. The Labute approximate surface area is 108 Å². The maximum absolute atomic E-state index is 11.4. The topological polar surface area (TPSA) is 32.3 Å². The molecule has 1 N–H and O–H groups in total. The van der Waals surface area contributed by atoms with Crippen molar-refractivity contribution in [3.63, 3.8) is 0 Å². The molecule has 3 nitrogen and oxygen atoms in total. The minimum atomic E-state index is -0.539. The third-order valence-electron chi connectivity index (χ3n) is 4.27. The molecule has 0 radical (unpaired) electrons. The Kier molecular flexibility index (Phi) is 5.00. The van der Waals surface area contributed by atoms with Gasteiger partial charge in [0.05, 0.1) is 0 Å². The van der Waals surface area contributed by atoms with Gasteiger partial charge in [0, 0.05) is 41.9 Å². The largest absolute Gasteiger partial charge is 0.317 e. The van der Waals surface area contributed by atoms with Crippen molar-refractivity contribution in [3.05, 3.63) is 0 Å². The molecule has 2 rings (SSSR count). The van der Waals surface area contributed by atoms with Crippen molar-refractivity contribution in [1.82, 2.24) is 10.2 Å². The zero-order chi connectivity index (χ0) is 12.1. The van der Waals surface area contributed by atoms with Gasteiger partial charge in [0.15, 0.2) is 0 Å². The number of hydrogen-bond donors (Lipinski definition) is 1. The van der Waals surface area contributed by atoms with E-state index in [1.54, 1.807) is 0 Å². The molecular formula is C13H26N2OS. The molecule has 0 aromatic carbocycles. The van der Waals surface area contributed by atoms with E-state index in [2.05, 4.69) is 17.1 Å². The molecule has 0 spiro atoms. The molecule has 2 aliphatic rings. The maximum atomic E-state index is 11.4. The van der Waals surface area contributed by atoms with E-state index >= 15 is 0 Å². The first-order valence-corrected chi connectivity index (χ1v) is 8.51. The van der Waals surface area contributed by atoms with E-state index in [0.29, 0.717) is 5.41 Å². The minimum Gasteiger partial charge on any atom is -0.317 e. The summed E-state index contributed by atoms with van der Waals surface area (Å²) >= 11 is 0. The van der Waals surface area contributed by atoms with Crippen molar-refractivity contribution >= 4 is 10.8 Å². The van der Waals surface area contributed by atoms with Gasteiger partial charge in [-0.2, -0.15) is 0 Å². The summed E-state index contributed by atoms with van der Waals surface area (Å²) in [6.45, 7) is 7.99. The molecule has 0 aromatic rings. The van der Waals surface area contributed by atoms with Crippen molar-refractivity contribution in [1.29, 1.82) is 0 Å². The van der Waals surface area contributed by atoms with Gasteiger partial charge in [0.1, 0.15) is 0 Å². The summed E-state index contributed by atoms with van der Waals surface area (Å²) in [6, 6.07) is 0. The lowest BCUT2D eigenvalue weighted by Crippen LogP contribution is -2.48. The van der Waals surface area contributed by atoms with Gasteiger partial charge in [-0.25, -0.2) is 0 Å². The maximum Gasteiger partial charge on any atom is 0.0363 e. The molecule has 17 heavy (non-hydrogen) atoms. The van der Waals surface area contributed by atoms with Crippen molar-refractivity contribution in [3.8, 4) is 0 Å². The van der Waals surface area contributed by atoms with Gasteiger partial charge >= 0.3 is 0 Å².